The van der Waals surface area contributed by atoms with Crippen molar-refractivity contribution < 1.29 is 21.6 Å². The first kappa shape index (κ1) is 14.8. The van der Waals surface area contributed by atoms with E-state index in [1.807, 2.05) is 4.90 Å². The second kappa shape index (κ2) is 5.61. The molecule has 0 N–H and O–H groups in total. The van der Waals surface area contributed by atoms with E-state index in [1.165, 1.54) is 0 Å². The van der Waals surface area contributed by atoms with E-state index in [9.17, 15) is 16.8 Å². The molecule has 0 unspecified atom stereocenters. The summed E-state index contributed by atoms with van der Waals surface area (Å²) in [6.45, 7) is 2.93. The maximum atomic E-state index is 11.4. The Morgan fingerprint density at radius 1 is 1.06 bits per heavy atom. The van der Waals surface area contributed by atoms with Crippen LogP contribution in [0.1, 0.15) is 0 Å². The molecule has 102 valence electrons. The van der Waals surface area contributed by atoms with E-state index in [4.69, 9.17) is 4.74 Å². The van der Waals surface area contributed by atoms with E-state index in [2.05, 4.69) is 0 Å². The lowest BCUT2D eigenvalue weighted by molar-refractivity contribution is 0.0377. The Bertz CT molecular complexity index is 407. The van der Waals surface area contributed by atoms with Gasteiger partial charge in [0.05, 0.1) is 25.7 Å². The van der Waals surface area contributed by atoms with Gasteiger partial charge in [-0.15, -0.1) is 0 Å². The monoisotopic (exact) mass is 286 g/mol. The van der Waals surface area contributed by atoms with Crippen molar-refractivity contribution in [2.24, 2.45) is 0 Å². The van der Waals surface area contributed by atoms with Gasteiger partial charge < -0.3 is 4.74 Å². The van der Waals surface area contributed by atoms with Crippen LogP contribution >= 0.6 is 0 Å². The summed E-state index contributed by atoms with van der Waals surface area (Å²) in [6.07, 6.45) is 1.79. The van der Waals surface area contributed by atoms with Crippen molar-refractivity contribution in [3.63, 3.8) is 0 Å². The fourth-order valence-electron chi connectivity index (χ4n) is 1.63. The lowest BCUT2D eigenvalue weighted by Crippen LogP contribution is -2.44. The van der Waals surface area contributed by atoms with E-state index in [0.29, 0.717) is 36.6 Å². The summed E-state index contributed by atoms with van der Waals surface area (Å²) in [7, 11) is -7.47. The minimum atomic E-state index is -3.74. The zero-order valence-electron chi connectivity index (χ0n) is 9.99. The van der Waals surface area contributed by atoms with Crippen molar-refractivity contribution in [1.29, 1.82) is 0 Å². The van der Waals surface area contributed by atoms with Crippen molar-refractivity contribution in [3.8, 4) is 0 Å². The predicted octanol–water partition coefficient (Wildman–Crippen LogP) is -1.46. The van der Waals surface area contributed by atoms with Gasteiger partial charge in [-0.1, -0.05) is 3.71 Å². The molecule has 1 aliphatic rings. The molecular weight excluding hydrogens is 268 g/mol. The summed E-state index contributed by atoms with van der Waals surface area (Å²) >= 11 is 0. The van der Waals surface area contributed by atoms with Gasteiger partial charge in [-0.3, -0.25) is 4.90 Å². The van der Waals surface area contributed by atoms with Crippen LogP contribution in [0, 0.1) is 0 Å². The molecule has 9 heteroatoms. The Balaban J connectivity index is 2.62. The molecule has 0 aliphatic carbocycles. The van der Waals surface area contributed by atoms with Crippen LogP contribution in [-0.2, 0) is 24.8 Å². The normalized spacial score (nSPS) is 19.7. The molecule has 1 saturated heterocycles. The average molecular weight is 286 g/mol. The van der Waals surface area contributed by atoms with E-state index >= 15 is 0 Å². The number of rotatable bonds is 5. The molecule has 0 radical (unpaired) electrons. The second-order valence-electron chi connectivity index (χ2n) is 3.98. The topological polar surface area (TPSA) is 84.0 Å². The Morgan fingerprint density at radius 3 is 1.94 bits per heavy atom. The van der Waals surface area contributed by atoms with Gasteiger partial charge in [0.15, 0.2) is 0 Å². The molecule has 17 heavy (non-hydrogen) atoms. The predicted molar refractivity (Wildman–Crippen MR) is 63.7 cm³/mol. The number of ether oxygens (including phenoxy) is 1. The minimum Gasteiger partial charge on any atom is -0.379 e. The summed E-state index contributed by atoms with van der Waals surface area (Å²) in [4.78, 5) is 1.98. The highest BCUT2D eigenvalue weighted by Gasteiger charge is 2.27. The van der Waals surface area contributed by atoms with Crippen molar-refractivity contribution in [1.82, 2.24) is 8.61 Å². The quantitative estimate of drug-likeness (QED) is 0.614. The standard InChI is InChI=1S/C8H18N2O5S2/c1-16(11,12)10(17(2,13)14)4-3-9-5-7-15-8-6-9/h3-8H2,1-2H3. The minimum absolute atomic E-state index is 0.0440. The lowest BCUT2D eigenvalue weighted by atomic mass is 10.4. The maximum Gasteiger partial charge on any atom is 0.224 e. The molecule has 0 aromatic heterocycles. The first-order valence-corrected chi connectivity index (χ1v) is 8.89. The summed E-state index contributed by atoms with van der Waals surface area (Å²) in [5, 5.41) is 0. The third-order valence-electron chi connectivity index (χ3n) is 2.44. The van der Waals surface area contributed by atoms with Gasteiger partial charge >= 0.3 is 0 Å². The molecular formula is C8H18N2O5S2. The van der Waals surface area contributed by atoms with Gasteiger partial charge in [0.2, 0.25) is 20.0 Å². The summed E-state index contributed by atoms with van der Waals surface area (Å²) < 4.78 is 51.1. The van der Waals surface area contributed by atoms with Crippen LogP contribution in [0.15, 0.2) is 0 Å². The molecule has 0 bridgehead atoms. The smallest absolute Gasteiger partial charge is 0.224 e. The Hall–Kier alpha value is -0.220. The van der Waals surface area contributed by atoms with Crippen LogP contribution in [0.25, 0.3) is 0 Å². The average Bonchev–Trinajstić information content (AvgIpc) is 2.15. The number of nitrogens with zero attached hydrogens (tertiary/aromatic N) is 2. The number of sulfonamides is 2. The van der Waals surface area contributed by atoms with E-state index in [1.54, 1.807) is 0 Å². The van der Waals surface area contributed by atoms with Crippen LogP contribution in [0.4, 0.5) is 0 Å². The summed E-state index contributed by atoms with van der Waals surface area (Å²) in [5.74, 6) is 0. The van der Waals surface area contributed by atoms with E-state index in [0.717, 1.165) is 12.5 Å². The summed E-state index contributed by atoms with van der Waals surface area (Å²) in [6, 6.07) is 0. The lowest BCUT2D eigenvalue weighted by Gasteiger charge is -2.28. The molecule has 7 nitrogen and oxygen atoms in total. The molecule has 0 spiro atoms. The number of hydrogen-bond acceptors (Lipinski definition) is 6. The first-order chi connectivity index (χ1) is 7.71. The summed E-state index contributed by atoms with van der Waals surface area (Å²) in [5.41, 5.74) is 0. The van der Waals surface area contributed by atoms with Gasteiger partial charge in [-0.25, -0.2) is 16.8 Å². The van der Waals surface area contributed by atoms with Crippen LogP contribution in [-0.4, -0.2) is 77.4 Å². The third-order valence-corrected chi connectivity index (χ3v) is 5.91. The number of hydrogen-bond donors (Lipinski definition) is 0. The van der Waals surface area contributed by atoms with Gasteiger partial charge in [0, 0.05) is 26.2 Å². The molecule has 0 saturated carbocycles. The van der Waals surface area contributed by atoms with Crippen LogP contribution in [0.5, 0.6) is 0 Å². The van der Waals surface area contributed by atoms with Crippen molar-refractivity contribution >= 4 is 20.0 Å². The van der Waals surface area contributed by atoms with Crippen molar-refractivity contribution in [2.45, 2.75) is 0 Å². The Labute approximate surface area is 102 Å². The molecule has 1 fully saturated rings. The largest absolute Gasteiger partial charge is 0.379 e. The van der Waals surface area contributed by atoms with E-state index in [-0.39, 0.29) is 6.54 Å². The molecule has 1 rings (SSSR count). The van der Waals surface area contributed by atoms with Crippen molar-refractivity contribution in [2.75, 3.05) is 51.9 Å². The maximum absolute atomic E-state index is 11.4. The van der Waals surface area contributed by atoms with Crippen LogP contribution < -0.4 is 0 Å². The van der Waals surface area contributed by atoms with Crippen LogP contribution in [0.3, 0.4) is 0 Å². The first-order valence-electron chi connectivity index (χ1n) is 5.19. The van der Waals surface area contributed by atoms with Gasteiger partial charge in [0.1, 0.15) is 0 Å². The fraction of sp³-hybridized carbons (Fsp3) is 1.00. The second-order valence-corrected chi connectivity index (χ2v) is 8.02. The molecule has 1 heterocycles. The molecule has 0 aromatic rings. The molecule has 0 atom stereocenters. The van der Waals surface area contributed by atoms with Gasteiger partial charge in [0.25, 0.3) is 0 Å². The third kappa shape index (κ3) is 4.88. The van der Waals surface area contributed by atoms with Crippen molar-refractivity contribution in [3.05, 3.63) is 0 Å². The highest BCUT2D eigenvalue weighted by Crippen LogP contribution is 2.06. The van der Waals surface area contributed by atoms with Gasteiger partial charge in [-0.2, -0.15) is 0 Å². The molecule has 1 aliphatic heterocycles. The Kier molecular flexibility index (Phi) is 4.90. The number of morpholine rings is 1. The van der Waals surface area contributed by atoms with Crippen LogP contribution in [0.2, 0.25) is 0 Å². The molecule has 0 aromatic carbocycles. The molecule has 0 amide bonds. The highest BCUT2D eigenvalue weighted by molar-refractivity contribution is 8.03. The zero-order chi connectivity index (χ0) is 13.1. The van der Waals surface area contributed by atoms with Gasteiger partial charge in [-0.05, 0) is 0 Å². The zero-order valence-corrected chi connectivity index (χ0v) is 11.6. The van der Waals surface area contributed by atoms with E-state index < -0.39 is 20.0 Å². The fourth-order valence-corrected chi connectivity index (χ4v) is 4.42. The highest BCUT2D eigenvalue weighted by atomic mass is 32.3. The Morgan fingerprint density at radius 2 is 1.53 bits per heavy atom. The SMILES string of the molecule is CS(=O)(=O)N(CCN1CCOCC1)S(C)(=O)=O.